The van der Waals surface area contributed by atoms with E-state index in [0.717, 1.165) is 22.2 Å². The van der Waals surface area contributed by atoms with E-state index in [-0.39, 0.29) is 28.9 Å². The second kappa shape index (κ2) is 8.55. The minimum atomic E-state index is -3.66. The summed E-state index contributed by atoms with van der Waals surface area (Å²) in [4.78, 5) is 12.1. The summed E-state index contributed by atoms with van der Waals surface area (Å²) < 4.78 is 48.1. The Kier molecular flexibility index (Phi) is 5.96. The molecule has 1 saturated heterocycles. The number of nitrogens with zero attached hydrogens (tertiary/aromatic N) is 2. The summed E-state index contributed by atoms with van der Waals surface area (Å²) in [6.45, 7) is 2.58. The van der Waals surface area contributed by atoms with Crippen LogP contribution in [0.5, 0.6) is 5.75 Å². The number of fused-ring (bicyclic) bond motifs is 1. The van der Waals surface area contributed by atoms with Crippen LogP contribution in [0.25, 0.3) is 10.9 Å². The van der Waals surface area contributed by atoms with Gasteiger partial charge in [-0.1, -0.05) is 0 Å². The lowest BCUT2D eigenvalue weighted by atomic mass is 9.88. The highest BCUT2D eigenvalue weighted by atomic mass is 32.2. The average molecular weight is 461 g/mol. The molecule has 0 unspecified atom stereocenters. The van der Waals surface area contributed by atoms with Crippen LogP contribution in [0.3, 0.4) is 0 Å². The van der Waals surface area contributed by atoms with Crippen LogP contribution in [0.15, 0.2) is 47.4 Å². The van der Waals surface area contributed by atoms with Gasteiger partial charge in [0.05, 0.1) is 12.0 Å². The predicted octanol–water partition coefficient (Wildman–Crippen LogP) is 3.54. The molecule has 9 heteroatoms. The molecule has 2 aromatic carbocycles. The van der Waals surface area contributed by atoms with Gasteiger partial charge in [-0.15, -0.1) is 0 Å². The molecule has 0 amide bonds. The molecule has 0 aliphatic carbocycles. The highest BCUT2D eigenvalue weighted by molar-refractivity contribution is 7.89. The summed E-state index contributed by atoms with van der Waals surface area (Å²) in [5.41, 5.74) is 2.56. The number of ether oxygens (including phenoxy) is 1. The number of rotatable bonds is 5. The van der Waals surface area contributed by atoms with E-state index in [9.17, 15) is 22.7 Å². The van der Waals surface area contributed by atoms with Crippen molar-refractivity contribution in [3.63, 3.8) is 0 Å². The molecule has 0 radical (unpaired) electrons. The largest absolute Gasteiger partial charge is 0.508 e. The van der Waals surface area contributed by atoms with Crippen LogP contribution in [0, 0.1) is 12.7 Å². The first-order valence-corrected chi connectivity index (χ1v) is 11.8. The van der Waals surface area contributed by atoms with Gasteiger partial charge in [-0.3, -0.25) is 4.79 Å². The molecule has 1 aromatic heterocycles. The third-order valence-corrected chi connectivity index (χ3v) is 8.10. The number of benzene rings is 2. The number of phenols is 1. The zero-order valence-corrected chi connectivity index (χ0v) is 18.7. The molecule has 2 heterocycles. The monoisotopic (exact) mass is 460 g/mol. The van der Waals surface area contributed by atoms with Crippen molar-refractivity contribution >= 4 is 26.9 Å². The number of aromatic nitrogens is 1. The van der Waals surface area contributed by atoms with Crippen molar-refractivity contribution in [2.24, 2.45) is 0 Å². The minimum Gasteiger partial charge on any atom is -0.508 e. The maximum absolute atomic E-state index is 14.1. The molecule has 0 saturated carbocycles. The molecule has 1 fully saturated rings. The first kappa shape index (κ1) is 22.3. The lowest BCUT2D eigenvalue weighted by Crippen LogP contribution is -2.38. The zero-order valence-electron chi connectivity index (χ0n) is 17.9. The number of methoxy groups -OCH3 is 1. The number of hydrogen-bond donors (Lipinski definition) is 1. The minimum absolute atomic E-state index is 0.00807. The number of halogens is 1. The first-order chi connectivity index (χ1) is 15.2. The second-order valence-corrected chi connectivity index (χ2v) is 9.93. The van der Waals surface area contributed by atoms with Gasteiger partial charge >= 0.3 is 5.97 Å². The fourth-order valence-corrected chi connectivity index (χ4v) is 6.01. The molecule has 32 heavy (non-hydrogen) atoms. The van der Waals surface area contributed by atoms with Crippen LogP contribution in [0.2, 0.25) is 0 Å². The Morgan fingerprint density at radius 1 is 1.16 bits per heavy atom. The number of sulfonamides is 1. The molecule has 1 N–H and O–H groups in total. The molecule has 1 aliphatic rings. The van der Waals surface area contributed by atoms with Gasteiger partial charge in [-0.2, -0.15) is 4.31 Å². The van der Waals surface area contributed by atoms with E-state index in [1.165, 1.54) is 47.8 Å². The first-order valence-electron chi connectivity index (χ1n) is 10.4. The topological polar surface area (TPSA) is 88.8 Å². The van der Waals surface area contributed by atoms with Crippen LogP contribution < -0.4 is 0 Å². The van der Waals surface area contributed by atoms with Gasteiger partial charge in [0.25, 0.3) is 0 Å². The average Bonchev–Trinajstić information content (AvgIpc) is 3.04. The number of carbonyl (C=O) groups excluding carboxylic acids is 1. The lowest BCUT2D eigenvalue weighted by Gasteiger charge is -2.31. The van der Waals surface area contributed by atoms with Crippen molar-refractivity contribution in [3.05, 3.63) is 59.5 Å². The number of aromatic hydroxyl groups is 1. The van der Waals surface area contributed by atoms with Crippen LogP contribution in [-0.2, 0) is 26.1 Å². The van der Waals surface area contributed by atoms with E-state index in [1.54, 1.807) is 6.07 Å². The van der Waals surface area contributed by atoms with Gasteiger partial charge in [-0.25, -0.2) is 12.8 Å². The van der Waals surface area contributed by atoms with Gasteiger partial charge in [0.2, 0.25) is 10.0 Å². The molecule has 3 aromatic rings. The van der Waals surface area contributed by atoms with Crippen LogP contribution in [-0.4, -0.2) is 48.6 Å². The molecule has 0 spiro atoms. The van der Waals surface area contributed by atoms with Crippen LogP contribution >= 0.6 is 0 Å². The van der Waals surface area contributed by atoms with Crippen molar-refractivity contribution in [3.8, 4) is 5.75 Å². The smallest absolute Gasteiger partial charge is 0.325 e. The number of esters is 1. The molecular formula is C23H25FN2O5S. The highest BCUT2D eigenvalue weighted by Gasteiger charge is 2.32. The van der Waals surface area contributed by atoms with Crippen molar-refractivity contribution < 1.29 is 27.4 Å². The van der Waals surface area contributed by atoms with E-state index < -0.39 is 16.0 Å². The number of piperidine rings is 1. The van der Waals surface area contributed by atoms with E-state index in [1.807, 2.05) is 11.5 Å². The van der Waals surface area contributed by atoms with E-state index in [0.29, 0.717) is 25.9 Å². The Labute approximate surface area is 186 Å². The Morgan fingerprint density at radius 2 is 1.81 bits per heavy atom. The van der Waals surface area contributed by atoms with Gasteiger partial charge in [0, 0.05) is 29.7 Å². The normalized spacial score (nSPS) is 15.8. The summed E-state index contributed by atoms with van der Waals surface area (Å²) in [5, 5.41) is 10.2. The third-order valence-electron chi connectivity index (χ3n) is 6.19. The summed E-state index contributed by atoms with van der Waals surface area (Å²) in [7, 11) is -2.33. The summed E-state index contributed by atoms with van der Waals surface area (Å²) >= 11 is 0. The lowest BCUT2D eigenvalue weighted by molar-refractivity contribution is -0.141. The van der Waals surface area contributed by atoms with Gasteiger partial charge < -0.3 is 14.4 Å². The van der Waals surface area contributed by atoms with Crippen molar-refractivity contribution in [2.45, 2.75) is 37.1 Å². The van der Waals surface area contributed by atoms with Gasteiger partial charge in [0.15, 0.2) is 0 Å². The zero-order chi connectivity index (χ0) is 23.0. The Morgan fingerprint density at radius 3 is 2.44 bits per heavy atom. The second-order valence-electron chi connectivity index (χ2n) is 8.00. The summed E-state index contributed by atoms with van der Waals surface area (Å²) in [5.74, 6) is -0.713. The number of phenolic OH excluding ortho intramolecular Hbond substituents is 1. The van der Waals surface area contributed by atoms with E-state index >= 15 is 0 Å². The van der Waals surface area contributed by atoms with Gasteiger partial charge in [-0.05, 0) is 73.7 Å². The van der Waals surface area contributed by atoms with Crippen molar-refractivity contribution in [1.29, 1.82) is 0 Å². The van der Waals surface area contributed by atoms with Crippen molar-refractivity contribution in [1.82, 2.24) is 8.87 Å². The highest BCUT2D eigenvalue weighted by Crippen LogP contribution is 2.38. The SMILES string of the molecule is COC(=O)Cn1c(C)c(C2CCN(S(=O)(=O)c3ccc(O)cc3)CC2)c2cc(F)ccc21. The molecule has 4 rings (SSSR count). The fourth-order valence-electron chi connectivity index (χ4n) is 4.55. The number of hydrogen-bond acceptors (Lipinski definition) is 5. The summed E-state index contributed by atoms with van der Waals surface area (Å²) in [6, 6.07) is 10.0. The van der Waals surface area contributed by atoms with E-state index in [2.05, 4.69) is 0 Å². The standard InChI is InChI=1S/C23H25FN2O5S/c1-15-23(20-13-17(24)3-8-21(20)26(15)14-22(28)31-2)16-9-11-25(12-10-16)32(29,30)19-6-4-18(27)5-7-19/h3-8,13,16,27H,9-12,14H2,1-2H3. The Hall–Kier alpha value is -2.91. The van der Waals surface area contributed by atoms with Crippen molar-refractivity contribution in [2.75, 3.05) is 20.2 Å². The maximum atomic E-state index is 14.1. The molecule has 0 bridgehead atoms. The summed E-state index contributed by atoms with van der Waals surface area (Å²) in [6.07, 6.45) is 1.15. The Balaban J connectivity index is 1.63. The van der Waals surface area contributed by atoms with Crippen LogP contribution in [0.1, 0.15) is 30.0 Å². The Bertz CT molecular complexity index is 1260. The van der Waals surface area contributed by atoms with Gasteiger partial charge in [0.1, 0.15) is 18.1 Å². The molecular weight excluding hydrogens is 435 g/mol. The van der Waals surface area contributed by atoms with E-state index in [4.69, 9.17) is 4.74 Å². The predicted molar refractivity (Wildman–Crippen MR) is 117 cm³/mol. The molecule has 0 atom stereocenters. The fraction of sp³-hybridized carbons (Fsp3) is 0.348. The molecule has 170 valence electrons. The maximum Gasteiger partial charge on any atom is 0.325 e. The quantitative estimate of drug-likeness (QED) is 0.589. The number of carbonyl (C=O) groups is 1. The van der Waals surface area contributed by atoms with Crippen LogP contribution in [0.4, 0.5) is 4.39 Å². The third kappa shape index (κ3) is 3.98. The molecule has 7 nitrogen and oxygen atoms in total. The molecule has 1 aliphatic heterocycles.